The molecule has 0 atom stereocenters. The number of nitrogens with one attached hydrogen (secondary N) is 2. The first-order valence-corrected chi connectivity index (χ1v) is 7.23. The van der Waals surface area contributed by atoms with Crippen LogP contribution in [0.25, 0.3) is 0 Å². The van der Waals surface area contributed by atoms with E-state index in [2.05, 4.69) is 15.6 Å². The second kappa shape index (κ2) is 7.93. The molecule has 2 aromatic rings. The molecular formula is C17H19N3O3. The van der Waals surface area contributed by atoms with Crippen molar-refractivity contribution in [2.75, 3.05) is 19.0 Å². The number of carbonyl (C=O) groups excluding carboxylic acids is 2. The van der Waals surface area contributed by atoms with Crippen LogP contribution in [0, 0.1) is 6.92 Å². The summed E-state index contributed by atoms with van der Waals surface area (Å²) in [7, 11) is 1.61. The van der Waals surface area contributed by atoms with Crippen LogP contribution in [-0.2, 0) is 16.0 Å². The Bertz CT molecular complexity index is 666. The molecule has 0 aliphatic heterocycles. The predicted octanol–water partition coefficient (Wildman–Crippen LogP) is 1.70. The number of pyridine rings is 1. The highest BCUT2D eigenvalue weighted by molar-refractivity contribution is 6.39. The fourth-order valence-electron chi connectivity index (χ4n) is 1.91. The van der Waals surface area contributed by atoms with Gasteiger partial charge in [-0.15, -0.1) is 0 Å². The molecule has 0 aliphatic carbocycles. The molecule has 0 saturated carbocycles. The highest BCUT2D eigenvalue weighted by Gasteiger charge is 2.13. The third-order valence-electron chi connectivity index (χ3n) is 3.22. The van der Waals surface area contributed by atoms with Gasteiger partial charge in [-0.3, -0.25) is 9.59 Å². The number of amides is 2. The Kier molecular flexibility index (Phi) is 5.68. The molecule has 0 fully saturated rings. The number of methoxy groups -OCH3 is 1. The van der Waals surface area contributed by atoms with Crippen LogP contribution in [-0.4, -0.2) is 30.5 Å². The van der Waals surface area contributed by atoms with E-state index in [4.69, 9.17) is 4.74 Å². The molecule has 120 valence electrons. The van der Waals surface area contributed by atoms with E-state index in [0.717, 1.165) is 16.9 Å². The zero-order chi connectivity index (χ0) is 16.7. The summed E-state index contributed by atoms with van der Waals surface area (Å²) in [6.45, 7) is 2.27. The third-order valence-corrected chi connectivity index (χ3v) is 3.22. The molecule has 1 heterocycles. The molecule has 0 bridgehead atoms. The highest BCUT2D eigenvalue weighted by atomic mass is 16.5. The summed E-state index contributed by atoms with van der Waals surface area (Å²) >= 11 is 0. The van der Waals surface area contributed by atoms with Gasteiger partial charge in [-0.2, -0.15) is 0 Å². The summed E-state index contributed by atoms with van der Waals surface area (Å²) in [5.41, 5.74) is 2.03. The van der Waals surface area contributed by atoms with Gasteiger partial charge in [0.2, 0.25) is 0 Å². The van der Waals surface area contributed by atoms with Crippen molar-refractivity contribution in [3.05, 3.63) is 53.7 Å². The van der Waals surface area contributed by atoms with Gasteiger partial charge in [0.05, 0.1) is 7.11 Å². The van der Waals surface area contributed by atoms with Crippen LogP contribution in [0.15, 0.2) is 42.6 Å². The summed E-state index contributed by atoms with van der Waals surface area (Å²) < 4.78 is 5.08. The quantitative estimate of drug-likeness (QED) is 0.823. The number of benzene rings is 1. The minimum atomic E-state index is -0.726. The van der Waals surface area contributed by atoms with E-state index in [9.17, 15) is 9.59 Å². The van der Waals surface area contributed by atoms with Crippen molar-refractivity contribution in [2.45, 2.75) is 13.3 Å². The van der Waals surface area contributed by atoms with Crippen LogP contribution in [0.5, 0.6) is 5.75 Å². The van der Waals surface area contributed by atoms with Gasteiger partial charge >= 0.3 is 11.8 Å². The van der Waals surface area contributed by atoms with Crippen molar-refractivity contribution in [3.8, 4) is 5.75 Å². The highest BCUT2D eigenvalue weighted by Crippen LogP contribution is 2.11. The number of ether oxygens (including phenoxy) is 1. The second-order valence-electron chi connectivity index (χ2n) is 5.03. The first-order chi connectivity index (χ1) is 11.1. The summed E-state index contributed by atoms with van der Waals surface area (Å²) in [5, 5.41) is 5.04. The van der Waals surface area contributed by atoms with Gasteiger partial charge in [0.15, 0.2) is 0 Å². The lowest BCUT2D eigenvalue weighted by Gasteiger charge is -2.07. The molecule has 0 saturated heterocycles. The molecule has 0 aliphatic rings. The minimum Gasteiger partial charge on any atom is -0.497 e. The average molecular weight is 313 g/mol. The summed E-state index contributed by atoms with van der Waals surface area (Å²) in [6, 6.07) is 11.0. The summed E-state index contributed by atoms with van der Waals surface area (Å²) in [4.78, 5) is 27.5. The molecule has 2 rings (SSSR count). The maximum absolute atomic E-state index is 11.7. The topological polar surface area (TPSA) is 80.3 Å². The maximum atomic E-state index is 11.7. The zero-order valence-electron chi connectivity index (χ0n) is 13.1. The van der Waals surface area contributed by atoms with Crippen LogP contribution < -0.4 is 15.4 Å². The molecule has 6 nitrogen and oxygen atoms in total. The van der Waals surface area contributed by atoms with Crippen molar-refractivity contribution in [1.29, 1.82) is 0 Å². The van der Waals surface area contributed by atoms with Gasteiger partial charge in [0.25, 0.3) is 0 Å². The molecule has 2 N–H and O–H groups in total. The van der Waals surface area contributed by atoms with E-state index in [1.54, 1.807) is 19.4 Å². The molecule has 0 spiro atoms. The molecule has 0 radical (unpaired) electrons. The number of aryl methyl sites for hydroxylation is 1. The SMILES string of the molecule is COc1ccc(CCNC(=O)C(=O)Nc2ccc(C)cn2)cc1. The first kappa shape index (κ1) is 16.5. The van der Waals surface area contributed by atoms with E-state index in [-0.39, 0.29) is 0 Å². The van der Waals surface area contributed by atoms with E-state index < -0.39 is 11.8 Å². The van der Waals surface area contributed by atoms with Gasteiger partial charge < -0.3 is 15.4 Å². The van der Waals surface area contributed by atoms with Crippen LogP contribution in [0.4, 0.5) is 5.82 Å². The molecule has 23 heavy (non-hydrogen) atoms. The minimum absolute atomic E-state index is 0.353. The Balaban J connectivity index is 1.77. The number of nitrogens with zero attached hydrogens (tertiary/aromatic N) is 1. The molecular weight excluding hydrogens is 294 g/mol. The van der Waals surface area contributed by atoms with E-state index in [1.807, 2.05) is 37.3 Å². The summed E-state index contributed by atoms with van der Waals surface area (Å²) in [5.74, 6) is -0.273. The molecule has 1 aromatic carbocycles. The van der Waals surface area contributed by atoms with Crippen LogP contribution >= 0.6 is 0 Å². The van der Waals surface area contributed by atoms with E-state index in [0.29, 0.717) is 18.8 Å². The Labute approximate surface area is 134 Å². The largest absolute Gasteiger partial charge is 0.497 e. The fraction of sp³-hybridized carbons (Fsp3) is 0.235. The van der Waals surface area contributed by atoms with Gasteiger partial charge in [-0.05, 0) is 42.7 Å². The second-order valence-corrected chi connectivity index (χ2v) is 5.03. The molecule has 0 unspecified atom stereocenters. The van der Waals surface area contributed by atoms with Crippen molar-refractivity contribution >= 4 is 17.6 Å². The number of rotatable bonds is 5. The summed E-state index contributed by atoms with van der Waals surface area (Å²) in [6.07, 6.45) is 2.25. The van der Waals surface area contributed by atoms with Crippen LogP contribution in [0.2, 0.25) is 0 Å². The number of aromatic nitrogens is 1. The van der Waals surface area contributed by atoms with Crippen LogP contribution in [0.3, 0.4) is 0 Å². The molecule has 1 aromatic heterocycles. The zero-order valence-corrected chi connectivity index (χ0v) is 13.1. The number of hydrogen-bond donors (Lipinski definition) is 2. The standard InChI is InChI=1S/C17H19N3O3/c1-12-3-8-15(19-11-12)20-17(22)16(21)18-10-9-13-4-6-14(23-2)7-5-13/h3-8,11H,9-10H2,1-2H3,(H,18,21)(H,19,20,22). The normalized spacial score (nSPS) is 10.0. The third kappa shape index (κ3) is 5.10. The van der Waals surface area contributed by atoms with Gasteiger partial charge in [-0.1, -0.05) is 18.2 Å². The van der Waals surface area contributed by atoms with Gasteiger partial charge in [0.1, 0.15) is 11.6 Å². The number of hydrogen-bond acceptors (Lipinski definition) is 4. The number of anilines is 1. The smallest absolute Gasteiger partial charge is 0.314 e. The average Bonchev–Trinajstić information content (AvgIpc) is 2.57. The Hall–Kier alpha value is -2.89. The maximum Gasteiger partial charge on any atom is 0.314 e. The lowest BCUT2D eigenvalue weighted by atomic mass is 10.1. The molecule has 2 amide bonds. The van der Waals surface area contributed by atoms with Crippen LogP contribution in [0.1, 0.15) is 11.1 Å². The Morgan fingerprint density at radius 2 is 1.83 bits per heavy atom. The van der Waals surface area contributed by atoms with Gasteiger partial charge in [0, 0.05) is 12.7 Å². The lowest BCUT2D eigenvalue weighted by molar-refractivity contribution is -0.136. The number of carbonyl (C=O) groups is 2. The van der Waals surface area contributed by atoms with E-state index >= 15 is 0 Å². The fourth-order valence-corrected chi connectivity index (χ4v) is 1.91. The lowest BCUT2D eigenvalue weighted by Crippen LogP contribution is -2.36. The van der Waals surface area contributed by atoms with Crippen molar-refractivity contribution in [2.24, 2.45) is 0 Å². The monoisotopic (exact) mass is 313 g/mol. The first-order valence-electron chi connectivity index (χ1n) is 7.23. The van der Waals surface area contributed by atoms with E-state index in [1.165, 1.54) is 0 Å². The van der Waals surface area contributed by atoms with Crippen molar-refractivity contribution in [1.82, 2.24) is 10.3 Å². The molecule has 6 heteroatoms. The Morgan fingerprint density at radius 1 is 1.09 bits per heavy atom. The van der Waals surface area contributed by atoms with Gasteiger partial charge in [-0.25, -0.2) is 4.98 Å². The van der Waals surface area contributed by atoms with Crippen molar-refractivity contribution in [3.63, 3.8) is 0 Å². The predicted molar refractivity (Wildman–Crippen MR) is 87.3 cm³/mol. The van der Waals surface area contributed by atoms with Crippen molar-refractivity contribution < 1.29 is 14.3 Å². The Morgan fingerprint density at radius 3 is 2.43 bits per heavy atom.